The molecule has 0 aromatic heterocycles. The molecule has 0 radical (unpaired) electrons. The summed E-state index contributed by atoms with van der Waals surface area (Å²) in [6.07, 6.45) is 63.3. The summed E-state index contributed by atoms with van der Waals surface area (Å²) in [6.45, 7) is 6.36. The number of carbonyl (C=O) groups excluding carboxylic acids is 3. The first-order valence-corrected chi connectivity index (χ1v) is 25.9. The van der Waals surface area contributed by atoms with Gasteiger partial charge in [0, 0.05) is 19.3 Å². The minimum absolute atomic E-state index is 0.0935. The molecular formula is C56H96O6. The summed E-state index contributed by atoms with van der Waals surface area (Å²) in [4.78, 5) is 37.9. The first kappa shape index (κ1) is 58.9. The van der Waals surface area contributed by atoms with Gasteiger partial charge in [-0.25, -0.2) is 0 Å². The van der Waals surface area contributed by atoms with Gasteiger partial charge in [-0.15, -0.1) is 0 Å². The molecule has 0 N–H and O–H groups in total. The Labute approximate surface area is 382 Å². The van der Waals surface area contributed by atoms with Crippen molar-refractivity contribution >= 4 is 17.9 Å². The van der Waals surface area contributed by atoms with Crippen molar-refractivity contribution < 1.29 is 28.6 Å². The van der Waals surface area contributed by atoms with Crippen LogP contribution in [0.1, 0.15) is 245 Å². The summed E-state index contributed by atoms with van der Waals surface area (Å²) in [5.41, 5.74) is 0. The molecule has 0 aromatic rings. The van der Waals surface area contributed by atoms with Crippen LogP contribution in [0.2, 0.25) is 0 Å². The zero-order chi connectivity index (χ0) is 45.1. The molecule has 6 nitrogen and oxygen atoms in total. The molecule has 6 heteroatoms. The molecule has 0 rings (SSSR count). The molecule has 1 atom stereocenters. The summed E-state index contributed by atoms with van der Waals surface area (Å²) in [6, 6.07) is 0. The van der Waals surface area contributed by atoms with Crippen molar-refractivity contribution in [3.8, 4) is 0 Å². The summed E-state index contributed by atoms with van der Waals surface area (Å²) in [7, 11) is 0. The molecule has 356 valence electrons. The molecule has 0 saturated carbocycles. The highest BCUT2D eigenvalue weighted by Crippen LogP contribution is 2.14. The van der Waals surface area contributed by atoms with Crippen LogP contribution in [0.5, 0.6) is 0 Å². The first-order chi connectivity index (χ1) is 30.5. The lowest BCUT2D eigenvalue weighted by atomic mass is 10.1. The lowest BCUT2D eigenvalue weighted by Gasteiger charge is -2.18. The fourth-order valence-corrected chi connectivity index (χ4v) is 7.08. The number of allylic oxidation sites excluding steroid dienone is 12. The van der Waals surface area contributed by atoms with E-state index in [1.807, 2.05) is 0 Å². The van der Waals surface area contributed by atoms with E-state index in [0.717, 1.165) is 103 Å². The Balaban J connectivity index is 4.34. The van der Waals surface area contributed by atoms with Crippen LogP contribution < -0.4 is 0 Å². The molecule has 1 unspecified atom stereocenters. The normalized spacial score (nSPS) is 12.6. The number of unbranched alkanes of at least 4 members (excludes halogenated alkanes) is 23. The van der Waals surface area contributed by atoms with Gasteiger partial charge in [-0.1, -0.05) is 196 Å². The third-order valence-corrected chi connectivity index (χ3v) is 10.9. The van der Waals surface area contributed by atoms with Gasteiger partial charge in [-0.05, 0) is 103 Å². The molecule has 0 aliphatic carbocycles. The maximum atomic E-state index is 12.8. The quantitative estimate of drug-likeness (QED) is 0.0262. The number of esters is 3. The van der Waals surface area contributed by atoms with Crippen molar-refractivity contribution in [2.75, 3.05) is 13.2 Å². The lowest BCUT2D eigenvalue weighted by Crippen LogP contribution is -2.30. The van der Waals surface area contributed by atoms with Gasteiger partial charge in [0.1, 0.15) is 13.2 Å². The van der Waals surface area contributed by atoms with Gasteiger partial charge < -0.3 is 14.2 Å². The predicted molar refractivity (Wildman–Crippen MR) is 265 cm³/mol. The van der Waals surface area contributed by atoms with Gasteiger partial charge in [-0.3, -0.25) is 14.4 Å². The molecule has 0 amide bonds. The fraction of sp³-hybridized carbons (Fsp3) is 0.732. The van der Waals surface area contributed by atoms with Gasteiger partial charge in [0.15, 0.2) is 6.10 Å². The van der Waals surface area contributed by atoms with E-state index in [0.29, 0.717) is 19.3 Å². The predicted octanol–water partition coefficient (Wildman–Crippen LogP) is 17.0. The second kappa shape index (κ2) is 50.5. The molecular weight excluding hydrogens is 769 g/mol. The molecule has 62 heavy (non-hydrogen) atoms. The number of hydrogen-bond donors (Lipinski definition) is 0. The van der Waals surface area contributed by atoms with E-state index < -0.39 is 6.10 Å². The van der Waals surface area contributed by atoms with Crippen LogP contribution in [0, 0.1) is 0 Å². The smallest absolute Gasteiger partial charge is 0.306 e. The lowest BCUT2D eigenvalue weighted by molar-refractivity contribution is -0.167. The number of carbonyl (C=O) groups is 3. The summed E-state index contributed by atoms with van der Waals surface area (Å²) in [5.74, 6) is -0.948. The minimum atomic E-state index is -0.795. The van der Waals surface area contributed by atoms with E-state index in [1.54, 1.807) is 0 Å². The van der Waals surface area contributed by atoms with Gasteiger partial charge in [0.2, 0.25) is 0 Å². The maximum absolute atomic E-state index is 12.8. The van der Waals surface area contributed by atoms with Crippen molar-refractivity contribution in [1.82, 2.24) is 0 Å². The Morgan fingerprint density at radius 1 is 0.339 bits per heavy atom. The molecule has 0 fully saturated rings. The van der Waals surface area contributed by atoms with Crippen LogP contribution in [0.25, 0.3) is 0 Å². The standard InChI is InChI=1S/C56H96O6/c1-4-7-10-13-16-19-21-23-25-27-28-29-31-32-34-37-40-43-46-49-55(58)61-52-53(51-60-54(57)48-45-42-39-36-18-15-12-9-6-3)62-56(59)50-47-44-41-38-35-33-30-26-24-22-20-17-14-11-8-5-2/h8-9,11-12,17-18,20,24,26-28,36,53H,4-7,10,13-16,19,21-23,25,29-35,37-52H2,1-3H3/b11-8-,12-9-,20-17-,26-24-,28-27-,36-18-. The van der Waals surface area contributed by atoms with Crippen molar-refractivity contribution in [1.29, 1.82) is 0 Å². The zero-order valence-corrected chi connectivity index (χ0v) is 40.6. The van der Waals surface area contributed by atoms with Gasteiger partial charge in [0.05, 0.1) is 0 Å². The maximum Gasteiger partial charge on any atom is 0.306 e. The monoisotopic (exact) mass is 865 g/mol. The number of ether oxygens (including phenoxy) is 3. The van der Waals surface area contributed by atoms with E-state index in [9.17, 15) is 14.4 Å². The SMILES string of the molecule is CC/C=C\C/C=C\C/C=C\CCCCCCCCC(=O)OC(COC(=O)CCCC/C=C\C/C=C\CC)COC(=O)CCCCCCCCC/C=C\CCCCCCCCCC. The molecule has 0 aliphatic heterocycles. The van der Waals surface area contributed by atoms with E-state index in [4.69, 9.17) is 14.2 Å². The largest absolute Gasteiger partial charge is 0.462 e. The van der Waals surface area contributed by atoms with Crippen LogP contribution >= 0.6 is 0 Å². The van der Waals surface area contributed by atoms with Crippen molar-refractivity contribution in [2.45, 2.75) is 252 Å². The zero-order valence-electron chi connectivity index (χ0n) is 40.6. The highest BCUT2D eigenvalue weighted by Gasteiger charge is 2.19. The second-order valence-corrected chi connectivity index (χ2v) is 17.0. The Morgan fingerprint density at radius 3 is 1.03 bits per heavy atom. The number of rotatable bonds is 46. The Kier molecular flexibility index (Phi) is 47.9. The topological polar surface area (TPSA) is 78.9 Å². The van der Waals surface area contributed by atoms with E-state index in [1.165, 1.54) is 103 Å². The van der Waals surface area contributed by atoms with E-state index in [-0.39, 0.29) is 31.1 Å². The Morgan fingerprint density at radius 2 is 0.629 bits per heavy atom. The van der Waals surface area contributed by atoms with Crippen molar-refractivity contribution in [3.63, 3.8) is 0 Å². The minimum Gasteiger partial charge on any atom is -0.462 e. The average molecular weight is 865 g/mol. The third kappa shape index (κ3) is 47.9. The van der Waals surface area contributed by atoms with Crippen LogP contribution in [0.4, 0.5) is 0 Å². The summed E-state index contributed by atoms with van der Waals surface area (Å²) < 4.78 is 16.7. The summed E-state index contributed by atoms with van der Waals surface area (Å²) >= 11 is 0. The second-order valence-electron chi connectivity index (χ2n) is 17.0. The highest BCUT2D eigenvalue weighted by molar-refractivity contribution is 5.71. The highest BCUT2D eigenvalue weighted by atomic mass is 16.6. The molecule has 0 aromatic carbocycles. The average Bonchev–Trinajstić information content (AvgIpc) is 3.27. The molecule has 0 saturated heterocycles. The fourth-order valence-electron chi connectivity index (χ4n) is 7.08. The summed E-state index contributed by atoms with van der Waals surface area (Å²) in [5, 5.41) is 0. The van der Waals surface area contributed by atoms with Gasteiger partial charge >= 0.3 is 17.9 Å². The molecule has 0 heterocycles. The van der Waals surface area contributed by atoms with Crippen LogP contribution in [0.3, 0.4) is 0 Å². The Bertz CT molecular complexity index is 1180. The molecule has 0 aliphatic rings. The van der Waals surface area contributed by atoms with Gasteiger partial charge in [-0.2, -0.15) is 0 Å². The first-order valence-electron chi connectivity index (χ1n) is 25.9. The van der Waals surface area contributed by atoms with Crippen molar-refractivity contribution in [2.24, 2.45) is 0 Å². The molecule has 0 bridgehead atoms. The molecule has 0 spiro atoms. The third-order valence-electron chi connectivity index (χ3n) is 10.9. The van der Waals surface area contributed by atoms with Gasteiger partial charge in [0.25, 0.3) is 0 Å². The van der Waals surface area contributed by atoms with Crippen LogP contribution in [-0.2, 0) is 28.6 Å². The van der Waals surface area contributed by atoms with Crippen LogP contribution in [0.15, 0.2) is 72.9 Å². The van der Waals surface area contributed by atoms with Crippen LogP contribution in [-0.4, -0.2) is 37.2 Å². The van der Waals surface area contributed by atoms with E-state index >= 15 is 0 Å². The Hall–Kier alpha value is -3.15. The van der Waals surface area contributed by atoms with Crippen molar-refractivity contribution in [3.05, 3.63) is 72.9 Å². The van der Waals surface area contributed by atoms with E-state index in [2.05, 4.69) is 93.7 Å². The number of hydrogen-bond acceptors (Lipinski definition) is 6.